The van der Waals surface area contributed by atoms with Gasteiger partial charge in [-0.2, -0.15) is 0 Å². The Morgan fingerprint density at radius 3 is 2.26 bits per heavy atom. The molecule has 0 spiro atoms. The molecule has 0 amide bonds. The summed E-state index contributed by atoms with van der Waals surface area (Å²) in [7, 11) is 0. The van der Waals surface area contributed by atoms with E-state index in [1.54, 1.807) is 0 Å². The lowest BCUT2D eigenvalue weighted by atomic mass is 9.88. The van der Waals surface area contributed by atoms with Crippen molar-refractivity contribution in [3.63, 3.8) is 0 Å². The van der Waals surface area contributed by atoms with Crippen molar-refractivity contribution < 1.29 is 0 Å². The van der Waals surface area contributed by atoms with Crippen LogP contribution >= 0.6 is 0 Å². The van der Waals surface area contributed by atoms with Crippen molar-refractivity contribution in [2.45, 2.75) is 6.92 Å². The SMILES string of the molecule is Cc1cc2ccc3cccc4ccc(c1-c1ccccn1)c2c34. The molecule has 0 saturated heterocycles. The number of benzene rings is 4. The minimum atomic E-state index is 1.04. The number of aryl methyl sites for hydroxylation is 1. The molecule has 0 aliphatic rings. The highest BCUT2D eigenvalue weighted by atomic mass is 14.7. The van der Waals surface area contributed by atoms with Gasteiger partial charge in [0.1, 0.15) is 0 Å². The lowest BCUT2D eigenvalue weighted by Crippen LogP contribution is -1.92. The van der Waals surface area contributed by atoms with Crippen LogP contribution in [0.15, 0.2) is 72.9 Å². The van der Waals surface area contributed by atoms with E-state index < -0.39 is 0 Å². The molecule has 5 aromatic rings. The van der Waals surface area contributed by atoms with Gasteiger partial charge in [0.2, 0.25) is 0 Å². The van der Waals surface area contributed by atoms with Crippen molar-refractivity contribution in [2.75, 3.05) is 0 Å². The molecule has 4 aromatic carbocycles. The molecular weight excluding hydrogens is 278 g/mol. The third-order valence-electron chi connectivity index (χ3n) is 4.77. The quantitative estimate of drug-likeness (QED) is 0.348. The van der Waals surface area contributed by atoms with Crippen molar-refractivity contribution in [1.82, 2.24) is 4.98 Å². The van der Waals surface area contributed by atoms with Gasteiger partial charge in [-0.3, -0.25) is 4.98 Å². The first-order valence-electron chi connectivity index (χ1n) is 7.91. The van der Waals surface area contributed by atoms with Gasteiger partial charge in [-0.25, -0.2) is 0 Å². The first kappa shape index (κ1) is 12.6. The van der Waals surface area contributed by atoms with Crippen LogP contribution in [-0.4, -0.2) is 4.98 Å². The van der Waals surface area contributed by atoms with Crippen LogP contribution in [0.5, 0.6) is 0 Å². The van der Waals surface area contributed by atoms with Crippen LogP contribution in [0.25, 0.3) is 43.6 Å². The molecule has 1 heteroatoms. The summed E-state index contributed by atoms with van der Waals surface area (Å²) in [5.41, 5.74) is 3.56. The monoisotopic (exact) mass is 293 g/mol. The maximum absolute atomic E-state index is 4.59. The van der Waals surface area contributed by atoms with Gasteiger partial charge in [-0.1, -0.05) is 54.6 Å². The van der Waals surface area contributed by atoms with E-state index in [0.717, 1.165) is 5.69 Å². The minimum Gasteiger partial charge on any atom is -0.256 e. The summed E-state index contributed by atoms with van der Waals surface area (Å²) in [6.45, 7) is 2.18. The zero-order chi connectivity index (χ0) is 15.4. The lowest BCUT2D eigenvalue weighted by molar-refractivity contribution is 1.32. The van der Waals surface area contributed by atoms with Gasteiger partial charge in [0.15, 0.2) is 0 Å². The molecule has 1 nitrogen and oxygen atoms in total. The van der Waals surface area contributed by atoms with Crippen molar-refractivity contribution in [3.05, 3.63) is 78.5 Å². The third kappa shape index (κ3) is 1.71. The summed E-state index contributed by atoms with van der Waals surface area (Å²) < 4.78 is 0. The van der Waals surface area contributed by atoms with Crippen LogP contribution in [0.4, 0.5) is 0 Å². The van der Waals surface area contributed by atoms with Crippen LogP contribution in [0, 0.1) is 6.92 Å². The van der Waals surface area contributed by atoms with E-state index in [-0.39, 0.29) is 0 Å². The van der Waals surface area contributed by atoms with Gasteiger partial charge in [0.25, 0.3) is 0 Å². The summed E-state index contributed by atoms with van der Waals surface area (Å²) in [6.07, 6.45) is 1.87. The van der Waals surface area contributed by atoms with Gasteiger partial charge in [-0.05, 0) is 56.9 Å². The molecule has 0 saturated carbocycles. The molecule has 23 heavy (non-hydrogen) atoms. The van der Waals surface area contributed by atoms with Crippen molar-refractivity contribution in [2.24, 2.45) is 0 Å². The van der Waals surface area contributed by atoms with Crippen molar-refractivity contribution in [1.29, 1.82) is 0 Å². The summed E-state index contributed by atoms with van der Waals surface area (Å²) in [6, 6.07) is 23.9. The zero-order valence-electron chi connectivity index (χ0n) is 12.9. The average Bonchev–Trinajstić information content (AvgIpc) is 2.60. The molecule has 108 valence electrons. The third-order valence-corrected chi connectivity index (χ3v) is 4.77. The summed E-state index contributed by atoms with van der Waals surface area (Å²) >= 11 is 0. The summed E-state index contributed by atoms with van der Waals surface area (Å²) in [5, 5.41) is 7.92. The number of hydrogen-bond acceptors (Lipinski definition) is 1. The highest BCUT2D eigenvalue weighted by Gasteiger charge is 2.14. The Morgan fingerprint density at radius 1 is 0.696 bits per heavy atom. The predicted octanol–water partition coefficient (Wildman–Crippen LogP) is 5.95. The van der Waals surface area contributed by atoms with E-state index in [4.69, 9.17) is 0 Å². The molecule has 0 unspecified atom stereocenters. The molecule has 0 fully saturated rings. The topological polar surface area (TPSA) is 12.9 Å². The molecule has 0 aliphatic heterocycles. The lowest BCUT2D eigenvalue weighted by Gasteiger charge is -2.16. The Labute approximate surface area is 134 Å². The molecular formula is C22H15N. The average molecular weight is 293 g/mol. The fourth-order valence-corrected chi connectivity index (χ4v) is 3.81. The van der Waals surface area contributed by atoms with Gasteiger partial charge in [0.05, 0.1) is 5.69 Å². The minimum absolute atomic E-state index is 1.04. The number of hydrogen-bond donors (Lipinski definition) is 0. The van der Waals surface area contributed by atoms with E-state index in [1.165, 1.54) is 43.4 Å². The Balaban J connectivity index is 2.06. The van der Waals surface area contributed by atoms with E-state index in [2.05, 4.69) is 72.6 Å². The van der Waals surface area contributed by atoms with Crippen molar-refractivity contribution >= 4 is 32.3 Å². The molecule has 0 radical (unpaired) electrons. The second-order valence-electron chi connectivity index (χ2n) is 6.14. The molecule has 0 bridgehead atoms. The van der Waals surface area contributed by atoms with Crippen molar-refractivity contribution in [3.8, 4) is 11.3 Å². The van der Waals surface area contributed by atoms with Crippen LogP contribution in [0.2, 0.25) is 0 Å². The predicted molar refractivity (Wildman–Crippen MR) is 98.1 cm³/mol. The normalized spacial score (nSPS) is 11.7. The van der Waals surface area contributed by atoms with Crippen LogP contribution < -0.4 is 0 Å². The molecule has 1 aromatic heterocycles. The van der Waals surface area contributed by atoms with Gasteiger partial charge in [-0.15, -0.1) is 0 Å². The Hall–Kier alpha value is -2.93. The Morgan fingerprint density at radius 2 is 1.48 bits per heavy atom. The van der Waals surface area contributed by atoms with Crippen LogP contribution in [0.1, 0.15) is 5.56 Å². The van der Waals surface area contributed by atoms with Crippen LogP contribution in [-0.2, 0) is 0 Å². The largest absolute Gasteiger partial charge is 0.256 e. The molecule has 0 N–H and O–H groups in total. The fraction of sp³-hybridized carbons (Fsp3) is 0.0455. The smallest absolute Gasteiger partial charge is 0.0710 e. The molecule has 0 aliphatic carbocycles. The number of pyridine rings is 1. The maximum Gasteiger partial charge on any atom is 0.0710 e. The molecule has 0 atom stereocenters. The highest BCUT2D eigenvalue weighted by Crippen LogP contribution is 2.40. The number of aromatic nitrogens is 1. The molecule has 5 rings (SSSR count). The number of rotatable bonds is 1. The van der Waals surface area contributed by atoms with Crippen LogP contribution in [0.3, 0.4) is 0 Å². The first-order valence-corrected chi connectivity index (χ1v) is 7.91. The van der Waals surface area contributed by atoms with E-state index in [0.29, 0.717) is 0 Å². The Bertz CT molecular complexity index is 1140. The van der Waals surface area contributed by atoms with E-state index in [1.807, 2.05) is 12.3 Å². The fourth-order valence-electron chi connectivity index (χ4n) is 3.81. The van der Waals surface area contributed by atoms with E-state index in [9.17, 15) is 0 Å². The second kappa shape index (κ2) is 4.53. The first-order chi connectivity index (χ1) is 11.3. The van der Waals surface area contributed by atoms with Gasteiger partial charge < -0.3 is 0 Å². The standard InChI is InChI=1S/C22H15N/c1-14-13-17-9-8-15-5-4-6-16-10-11-18(22(17)21(15)16)20(14)19-7-2-3-12-23-19/h2-13H,1H3. The second-order valence-corrected chi connectivity index (χ2v) is 6.14. The highest BCUT2D eigenvalue weighted by molar-refractivity contribution is 6.25. The number of nitrogens with zero attached hydrogens (tertiary/aromatic N) is 1. The van der Waals surface area contributed by atoms with Gasteiger partial charge >= 0.3 is 0 Å². The summed E-state index contributed by atoms with van der Waals surface area (Å²) in [5.74, 6) is 0. The Kier molecular flexibility index (Phi) is 2.48. The zero-order valence-corrected chi connectivity index (χ0v) is 12.9. The maximum atomic E-state index is 4.59. The van der Waals surface area contributed by atoms with Gasteiger partial charge in [0, 0.05) is 11.8 Å². The van der Waals surface area contributed by atoms with E-state index >= 15 is 0 Å². The summed E-state index contributed by atoms with van der Waals surface area (Å²) in [4.78, 5) is 4.59. The molecule has 1 heterocycles.